The first kappa shape index (κ1) is 18.9. The molecule has 0 spiro atoms. The van der Waals surface area contributed by atoms with E-state index in [1.165, 1.54) is 12.0 Å². The molecule has 1 fully saturated rings. The maximum Gasteiger partial charge on any atom is 0.323 e. The van der Waals surface area contributed by atoms with Gasteiger partial charge in [-0.05, 0) is 18.1 Å². The molecule has 0 aliphatic carbocycles. The van der Waals surface area contributed by atoms with Crippen LogP contribution in [-0.4, -0.2) is 61.1 Å². The lowest BCUT2D eigenvalue weighted by molar-refractivity contribution is -0.146. The number of nitrogens with zero attached hydrogens (tertiary/aromatic N) is 2. The number of methoxy groups -OCH3 is 1. The predicted octanol–water partition coefficient (Wildman–Crippen LogP) is 1.16. The first-order valence-electron chi connectivity index (χ1n) is 8.35. The Labute approximate surface area is 147 Å². The van der Waals surface area contributed by atoms with Crippen molar-refractivity contribution in [2.24, 2.45) is 5.92 Å². The van der Waals surface area contributed by atoms with Crippen LogP contribution in [0.4, 0.5) is 5.69 Å². The summed E-state index contributed by atoms with van der Waals surface area (Å²) < 4.78 is 4.94. The summed E-state index contributed by atoms with van der Waals surface area (Å²) in [6.45, 7) is 2.34. The monoisotopic (exact) mass is 348 g/mol. The molecular weight excluding hydrogens is 324 g/mol. The molecule has 0 aromatic heterocycles. The number of rotatable bonds is 8. The third-order valence-corrected chi connectivity index (χ3v) is 4.34. The van der Waals surface area contributed by atoms with Crippen molar-refractivity contribution >= 4 is 23.5 Å². The van der Waals surface area contributed by atoms with Crippen LogP contribution in [0.1, 0.15) is 18.9 Å². The van der Waals surface area contributed by atoms with Gasteiger partial charge >= 0.3 is 5.97 Å². The van der Waals surface area contributed by atoms with E-state index < -0.39 is 18.4 Å². The maximum absolute atomic E-state index is 12.7. The molecule has 7 heteroatoms. The lowest BCUT2D eigenvalue weighted by Gasteiger charge is -2.24. The molecule has 1 heterocycles. The average molecular weight is 348 g/mol. The largest absolute Gasteiger partial charge is 0.480 e. The summed E-state index contributed by atoms with van der Waals surface area (Å²) in [7, 11) is 1.49. The lowest BCUT2D eigenvalue weighted by Crippen LogP contribution is -2.42. The van der Waals surface area contributed by atoms with Gasteiger partial charge in [-0.25, -0.2) is 0 Å². The molecule has 1 saturated heterocycles. The van der Waals surface area contributed by atoms with E-state index >= 15 is 0 Å². The summed E-state index contributed by atoms with van der Waals surface area (Å²) in [5, 5.41) is 9.01. The van der Waals surface area contributed by atoms with E-state index in [1.54, 1.807) is 4.90 Å². The van der Waals surface area contributed by atoms with Crippen LogP contribution in [0, 0.1) is 5.92 Å². The van der Waals surface area contributed by atoms with Crippen LogP contribution in [0.5, 0.6) is 0 Å². The smallest absolute Gasteiger partial charge is 0.323 e. The second kappa shape index (κ2) is 8.62. The van der Waals surface area contributed by atoms with Crippen molar-refractivity contribution in [2.75, 3.05) is 38.3 Å². The van der Waals surface area contributed by atoms with Gasteiger partial charge in [0, 0.05) is 32.3 Å². The Bertz CT molecular complexity index is 646. The molecule has 25 heavy (non-hydrogen) atoms. The van der Waals surface area contributed by atoms with Gasteiger partial charge in [0.05, 0.1) is 12.5 Å². The van der Waals surface area contributed by atoms with Crippen molar-refractivity contribution < 1.29 is 24.2 Å². The number of benzene rings is 1. The summed E-state index contributed by atoms with van der Waals surface area (Å²) in [5.74, 6) is -2.04. The minimum absolute atomic E-state index is 0.0972. The fourth-order valence-corrected chi connectivity index (χ4v) is 3.07. The van der Waals surface area contributed by atoms with Crippen LogP contribution < -0.4 is 4.90 Å². The van der Waals surface area contributed by atoms with E-state index in [0.29, 0.717) is 0 Å². The molecule has 2 amide bonds. The number of aliphatic carboxylic acids is 1. The Morgan fingerprint density at radius 3 is 2.72 bits per heavy atom. The SMILES string of the molecule is CCc1ccccc1N1CC(C(=O)N(CCOC)CC(=O)O)CC1=O. The Hall–Kier alpha value is -2.41. The normalized spacial score (nSPS) is 17.0. The van der Waals surface area contributed by atoms with Crippen molar-refractivity contribution in [2.45, 2.75) is 19.8 Å². The summed E-state index contributed by atoms with van der Waals surface area (Å²) in [5.41, 5.74) is 1.87. The zero-order chi connectivity index (χ0) is 18.4. The number of hydrogen-bond donors (Lipinski definition) is 1. The number of para-hydroxylation sites is 1. The van der Waals surface area contributed by atoms with E-state index in [4.69, 9.17) is 9.84 Å². The van der Waals surface area contributed by atoms with Crippen molar-refractivity contribution in [3.8, 4) is 0 Å². The van der Waals surface area contributed by atoms with Gasteiger partial charge in [0.25, 0.3) is 0 Å². The number of carbonyl (C=O) groups excluding carboxylic acids is 2. The first-order chi connectivity index (χ1) is 12.0. The highest BCUT2D eigenvalue weighted by atomic mass is 16.5. The molecule has 1 aliphatic rings. The molecular formula is C18H24N2O5. The molecule has 1 aliphatic heterocycles. The number of ether oxygens (including phenoxy) is 1. The minimum atomic E-state index is -1.08. The summed E-state index contributed by atoms with van der Waals surface area (Å²) in [4.78, 5) is 39.0. The number of hydrogen-bond acceptors (Lipinski definition) is 4. The van der Waals surface area contributed by atoms with Crippen LogP contribution in [0.2, 0.25) is 0 Å². The van der Waals surface area contributed by atoms with Gasteiger partial charge in [-0.1, -0.05) is 25.1 Å². The van der Waals surface area contributed by atoms with Crippen LogP contribution >= 0.6 is 0 Å². The highest BCUT2D eigenvalue weighted by Gasteiger charge is 2.38. The standard InChI is InChI=1S/C18H24N2O5/c1-3-13-6-4-5-7-15(13)20-11-14(10-16(20)21)18(24)19(8-9-25-2)12-17(22)23/h4-7,14H,3,8-12H2,1-2H3,(H,22,23). The molecule has 1 atom stereocenters. The molecule has 2 rings (SSSR count). The van der Waals surface area contributed by atoms with Crippen LogP contribution in [0.15, 0.2) is 24.3 Å². The number of carbonyl (C=O) groups is 3. The highest BCUT2D eigenvalue weighted by Crippen LogP contribution is 2.29. The number of carboxylic acids is 1. The predicted molar refractivity (Wildman–Crippen MR) is 92.4 cm³/mol. The molecule has 0 bridgehead atoms. The molecule has 1 N–H and O–H groups in total. The zero-order valence-corrected chi connectivity index (χ0v) is 14.6. The topological polar surface area (TPSA) is 87.2 Å². The summed E-state index contributed by atoms with van der Waals surface area (Å²) in [6.07, 6.45) is 0.886. The summed E-state index contributed by atoms with van der Waals surface area (Å²) in [6, 6.07) is 7.63. The Morgan fingerprint density at radius 2 is 2.08 bits per heavy atom. The Kier molecular flexibility index (Phi) is 6.52. The van der Waals surface area contributed by atoms with Gasteiger partial charge in [0.15, 0.2) is 0 Å². The second-order valence-corrected chi connectivity index (χ2v) is 6.03. The minimum Gasteiger partial charge on any atom is -0.480 e. The zero-order valence-electron chi connectivity index (χ0n) is 14.6. The maximum atomic E-state index is 12.7. The number of aryl methyl sites for hydroxylation is 1. The van der Waals surface area contributed by atoms with Crippen molar-refractivity contribution in [3.63, 3.8) is 0 Å². The van der Waals surface area contributed by atoms with Crippen molar-refractivity contribution in [1.29, 1.82) is 0 Å². The van der Waals surface area contributed by atoms with E-state index in [0.717, 1.165) is 17.7 Å². The fraction of sp³-hybridized carbons (Fsp3) is 0.500. The van der Waals surface area contributed by atoms with E-state index in [-0.39, 0.29) is 37.9 Å². The fourth-order valence-electron chi connectivity index (χ4n) is 3.07. The van der Waals surface area contributed by atoms with Gasteiger partial charge in [0.2, 0.25) is 11.8 Å². The third kappa shape index (κ3) is 4.57. The van der Waals surface area contributed by atoms with Gasteiger partial charge in [-0.15, -0.1) is 0 Å². The van der Waals surface area contributed by atoms with Crippen LogP contribution in [0.3, 0.4) is 0 Å². The van der Waals surface area contributed by atoms with Gasteiger partial charge in [-0.3, -0.25) is 14.4 Å². The molecule has 136 valence electrons. The quantitative estimate of drug-likeness (QED) is 0.762. The highest BCUT2D eigenvalue weighted by molar-refractivity contribution is 6.01. The first-order valence-corrected chi connectivity index (χ1v) is 8.35. The molecule has 1 unspecified atom stereocenters. The number of anilines is 1. The van der Waals surface area contributed by atoms with Gasteiger partial charge in [-0.2, -0.15) is 0 Å². The Balaban J connectivity index is 2.14. The second-order valence-electron chi connectivity index (χ2n) is 6.03. The molecule has 0 radical (unpaired) electrons. The number of amides is 2. The van der Waals surface area contributed by atoms with Gasteiger partial charge < -0.3 is 19.6 Å². The molecule has 7 nitrogen and oxygen atoms in total. The molecule has 1 aromatic rings. The van der Waals surface area contributed by atoms with Crippen molar-refractivity contribution in [1.82, 2.24) is 4.90 Å². The van der Waals surface area contributed by atoms with Crippen LogP contribution in [-0.2, 0) is 25.5 Å². The molecule has 0 saturated carbocycles. The van der Waals surface area contributed by atoms with E-state index in [9.17, 15) is 14.4 Å². The molecule has 1 aromatic carbocycles. The third-order valence-electron chi connectivity index (χ3n) is 4.34. The van der Waals surface area contributed by atoms with Gasteiger partial charge in [0.1, 0.15) is 6.54 Å². The number of carboxylic acid groups (broad SMARTS) is 1. The summed E-state index contributed by atoms with van der Waals surface area (Å²) >= 11 is 0. The van der Waals surface area contributed by atoms with E-state index in [2.05, 4.69) is 0 Å². The lowest BCUT2D eigenvalue weighted by atomic mass is 10.1. The van der Waals surface area contributed by atoms with E-state index in [1.807, 2.05) is 31.2 Å². The Morgan fingerprint density at radius 1 is 1.36 bits per heavy atom. The van der Waals surface area contributed by atoms with Crippen LogP contribution in [0.25, 0.3) is 0 Å². The average Bonchev–Trinajstić information content (AvgIpc) is 2.99. The van der Waals surface area contributed by atoms with Crippen molar-refractivity contribution in [3.05, 3.63) is 29.8 Å².